The smallest absolute Gasteiger partial charge is 0.479 e. The van der Waals surface area contributed by atoms with E-state index in [2.05, 4.69) is 10.1 Å². The van der Waals surface area contributed by atoms with E-state index in [0.717, 1.165) is 12.1 Å². The Bertz CT molecular complexity index is 784. The van der Waals surface area contributed by atoms with Gasteiger partial charge in [0.15, 0.2) is 6.10 Å². The van der Waals surface area contributed by atoms with Crippen molar-refractivity contribution in [2.24, 2.45) is 0 Å². The minimum absolute atomic E-state index is 0.197. The first kappa shape index (κ1) is 19.9. The van der Waals surface area contributed by atoms with E-state index in [4.69, 9.17) is 9.84 Å². The van der Waals surface area contributed by atoms with Gasteiger partial charge >= 0.3 is 12.3 Å². The molecule has 2 N–H and O–H groups in total. The number of carbonyl (C=O) groups excluding carboxylic acids is 2. The van der Waals surface area contributed by atoms with E-state index in [-0.39, 0.29) is 31.5 Å². The Morgan fingerprint density at radius 1 is 1.21 bits per heavy atom. The van der Waals surface area contributed by atoms with E-state index in [1.165, 1.54) is 17.0 Å². The fraction of sp³-hybridized carbons (Fsp3) is 0.471. The van der Waals surface area contributed by atoms with Gasteiger partial charge in [-0.3, -0.25) is 9.59 Å². The summed E-state index contributed by atoms with van der Waals surface area (Å²) in [5, 5.41) is 11.4. The zero-order chi connectivity index (χ0) is 20.5. The first-order valence-electron chi connectivity index (χ1n) is 8.50. The van der Waals surface area contributed by atoms with Crippen LogP contribution in [-0.4, -0.2) is 54.0 Å². The second-order valence-corrected chi connectivity index (χ2v) is 6.41. The molecule has 2 fully saturated rings. The molecule has 8 nitrogen and oxygen atoms in total. The van der Waals surface area contributed by atoms with Crippen molar-refractivity contribution < 1.29 is 42.1 Å². The molecule has 0 spiro atoms. The van der Waals surface area contributed by atoms with Crippen LogP contribution in [-0.2, 0) is 19.1 Å². The van der Waals surface area contributed by atoms with Crippen LogP contribution in [0.15, 0.2) is 24.3 Å². The first-order chi connectivity index (χ1) is 13.1. The normalized spacial score (nSPS) is 25.0. The van der Waals surface area contributed by atoms with Crippen LogP contribution < -0.4 is 15.0 Å². The maximum atomic E-state index is 12.5. The summed E-state index contributed by atoms with van der Waals surface area (Å²) in [6.45, 7) is 0.197. The first-order valence-corrected chi connectivity index (χ1v) is 8.50. The largest absolute Gasteiger partial charge is 0.573 e. The lowest BCUT2D eigenvalue weighted by Crippen LogP contribution is -2.45. The van der Waals surface area contributed by atoms with E-state index in [0.29, 0.717) is 0 Å². The number of nitrogens with one attached hydrogen (secondary N) is 1. The van der Waals surface area contributed by atoms with Gasteiger partial charge in [-0.15, -0.1) is 13.2 Å². The molecule has 3 rings (SSSR count). The van der Waals surface area contributed by atoms with Crippen molar-refractivity contribution in [3.8, 4) is 5.75 Å². The number of halogens is 3. The van der Waals surface area contributed by atoms with Gasteiger partial charge in [-0.1, -0.05) is 6.07 Å². The predicted molar refractivity (Wildman–Crippen MR) is 87.6 cm³/mol. The molecule has 152 valence electrons. The topological polar surface area (TPSA) is 105 Å². The Morgan fingerprint density at radius 3 is 2.57 bits per heavy atom. The predicted octanol–water partition coefficient (Wildman–Crippen LogP) is 1.44. The highest BCUT2D eigenvalue weighted by Gasteiger charge is 2.39. The van der Waals surface area contributed by atoms with Crippen molar-refractivity contribution in [1.82, 2.24) is 5.32 Å². The summed E-state index contributed by atoms with van der Waals surface area (Å²) in [7, 11) is 0. The maximum absolute atomic E-state index is 12.5. The fourth-order valence-corrected chi connectivity index (χ4v) is 3.20. The number of anilines is 1. The lowest BCUT2D eigenvalue weighted by Gasteiger charge is -2.19. The number of alkyl halides is 3. The van der Waals surface area contributed by atoms with Gasteiger partial charge in [-0.25, -0.2) is 4.79 Å². The number of amides is 2. The Kier molecular flexibility index (Phi) is 5.45. The minimum Gasteiger partial charge on any atom is -0.479 e. The summed E-state index contributed by atoms with van der Waals surface area (Å²) in [4.78, 5) is 36.9. The summed E-state index contributed by atoms with van der Waals surface area (Å²) in [6.07, 6.45) is -6.17. The highest BCUT2D eigenvalue weighted by atomic mass is 19.4. The molecule has 3 atom stereocenters. The van der Waals surface area contributed by atoms with E-state index >= 15 is 0 Å². The monoisotopic (exact) mass is 402 g/mol. The molecule has 0 saturated carbocycles. The van der Waals surface area contributed by atoms with Crippen molar-refractivity contribution in [3.63, 3.8) is 0 Å². The average molecular weight is 402 g/mol. The summed E-state index contributed by atoms with van der Waals surface area (Å²) < 4.78 is 46.1. The molecule has 2 aliphatic heterocycles. The van der Waals surface area contributed by atoms with Gasteiger partial charge in [0.1, 0.15) is 17.9 Å². The maximum Gasteiger partial charge on any atom is 0.573 e. The number of ether oxygens (including phenoxy) is 2. The molecule has 0 bridgehead atoms. The van der Waals surface area contributed by atoms with Crippen molar-refractivity contribution in [2.75, 3.05) is 11.4 Å². The molecular formula is C17H17F3N2O6. The third kappa shape index (κ3) is 4.53. The number of carbonyl (C=O) groups is 3. The van der Waals surface area contributed by atoms with Crippen molar-refractivity contribution in [1.29, 1.82) is 0 Å². The average Bonchev–Trinajstić information content (AvgIpc) is 3.22. The Labute approximate surface area is 157 Å². The minimum atomic E-state index is -4.85. The Hall–Kier alpha value is -2.82. The zero-order valence-corrected chi connectivity index (χ0v) is 14.4. The molecule has 1 aromatic carbocycles. The van der Waals surface area contributed by atoms with E-state index in [1.807, 2.05) is 0 Å². The third-order valence-electron chi connectivity index (χ3n) is 4.47. The molecule has 3 unspecified atom stereocenters. The molecule has 0 aromatic heterocycles. The number of nitrogens with zero attached hydrogens (tertiary/aromatic N) is 1. The summed E-state index contributed by atoms with van der Waals surface area (Å²) in [5.74, 6) is -2.67. The van der Waals surface area contributed by atoms with Crippen molar-refractivity contribution in [2.45, 2.75) is 43.9 Å². The molecule has 2 aliphatic rings. The van der Waals surface area contributed by atoms with Gasteiger partial charge in [0, 0.05) is 18.3 Å². The zero-order valence-electron chi connectivity index (χ0n) is 14.4. The second-order valence-electron chi connectivity index (χ2n) is 6.41. The number of aliphatic carboxylic acids is 1. The highest BCUT2D eigenvalue weighted by molar-refractivity contribution is 6.01. The van der Waals surface area contributed by atoms with Crippen molar-refractivity contribution in [3.05, 3.63) is 24.3 Å². The van der Waals surface area contributed by atoms with Gasteiger partial charge in [0.2, 0.25) is 11.8 Å². The van der Waals surface area contributed by atoms with Gasteiger partial charge < -0.3 is 24.8 Å². The Morgan fingerprint density at radius 2 is 1.93 bits per heavy atom. The van der Waals surface area contributed by atoms with Crippen LogP contribution >= 0.6 is 0 Å². The number of carboxylic acid groups (broad SMARTS) is 1. The molecule has 1 aromatic rings. The molecule has 2 amide bonds. The second kappa shape index (κ2) is 7.66. The van der Waals surface area contributed by atoms with E-state index in [1.54, 1.807) is 0 Å². The Balaban J connectivity index is 1.61. The van der Waals surface area contributed by atoms with Crippen LogP contribution in [0.1, 0.15) is 19.3 Å². The number of rotatable bonds is 5. The number of hydrogen-bond donors (Lipinski definition) is 2. The SMILES string of the molecule is O=C(O)C1CCC(C(=O)NC2CCN(c3cccc(OC(F)(F)F)c3)C2=O)O1. The number of carboxylic acids is 1. The molecule has 0 radical (unpaired) electrons. The van der Waals surface area contributed by atoms with Crippen molar-refractivity contribution >= 4 is 23.5 Å². The molecule has 28 heavy (non-hydrogen) atoms. The van der Waals surface area contributed by atoms with E-state index in [9.17, 15) is 27.6 Å². The van der Waals surface area contributed by atoms with E-state index < -0.39 is 48.1 Å². The van der Waals surface area contributed by atoms with Gasteiger partial charge in [0.05, 0.1) is 0 Å². The summed E-state index contributed by atoms with van der Waals surface area (Å²) >= 11 is 0. The lowest BCUT2D eigenvalue weighted by atomic mass is 10.1. The van der Waals surface area contributed by atoms with Crippen LogP contribution in [0.5, 0.6) is 5.75 Å². The summed E-state index contributed by atoms with van der Waals surface area (Å²) in [5.41, 5.74) is 0.214. The van der Waals surface area contributed by atoms with Crippen LogP contribution in [0, 0.1) is 0 Å². The van der Waals surface area contributed by atoms with Gasteiger partial charge in [-0.2, -0.15) is 0 Å². The number of benzene rings is 1. The summed E-state index contributed by atoms with van der Waals surface area (Å²) in [6, 6.07) is 4.13. The van der Waals surface area contributed by atoms with Crippen LogP contribution in [0.2, 0.25) is 0 Å². The molecule has 2 heterocycles. The molecule has 11 heteroatoms. The van der Waals surface area contributed by atoms with Gasteiger partial charge in [0.25, 0.3) is 0 Å². The highest BCUT2D eigenvalue weighted by Crippen LogP contribution is 2.29. The quantitative estimate of drug-likeness (QED) is 0.772. The molecular weight excluding hydrogens is 385 g/mol. The van der Waals surface area contributed by atoms with Crippen LogP contribution in [0.25, 0.3) is 0 Å². The van der Waals surface area contributed by atoms with Gasteiger partial charge in [-0.05, 0) is 31.4 Å². The lowest BCUT2D eigenvalue weighted by molar-refractivity contribution is -0.274. The number of hydrogen-bond acceptors (Lipinski definition) is 5. The molecule has 0 aliphatic carbocycles. The molecule has 2 saturated heterocycles. The van der Waals surface area contributed by atoms with Crippen LogP contribution in [0.3, 0.4) is 0 Å². The fourth-order valence-electron chi connectivity index (χ4n) is 3.20. The standard InChI is InChI=1S/C17H17F3N2O6/c18-17(19,20)28-10-3-1-2-9(8-10)22-7-6-11(15(22)24)21-14(23)12-4-5-13(27-12)16(25)26/h1-3,8,11-13H,4-7H2,(H,21,23)(H,25,26). The van der Waals surface area contributed by atoms with Crippen LogP contribution in [0.4, 0.5) is 18.9 Å². The third-order valence-corrected chi connectivity index (χ3v) is 4.47.